The van der Waals surface area contributed by atoms with E-state index in [0.29, 0.717) is 51.2 Å². The third-order valence-corrected chi connectivity index (χ3v) is 8.40. The van der Waals surface area contributed by atoms with Gasteiger partial charge in [-0.3, -0.25) is 9.52 Å². The molecule has 0 radical (unpaired) electrons. The van der Waals surface area contributed by atoms with Gasteiger partial charge in [0.05, 0.1) is 36.7 Å². The molecule has 0 spiro atoms. The average molecular weight is 659 g/mol. The number of benzene rings is 4. The van der Waals surface area contributed by atoms with Crippen LogP contribution in [0.25, 0.3) is 11.0 Å². The molecule has 240 valence electrons. The minimum absolute atomic E-state index is 0.130. The molecule has 10 nitrogen and oxygen atoms in total. The summed E-state index contributed by atoms with van der Waals surface area (Å²) in [7, 11) is 1.42. The van der Waals surface area contributed by atoms with Gasteiger partial charge in [0, 0.05) is 41.0 Å². The normalized spacial score (nSPS) is 11.2. The number of rotatable bonds is 13. The van der Waals surface area contributed by atoms with Crippen LogP contribution < -0.4 is 30.1 Å². The van der Waals surface area contributed by atoms with Gasteiger partial charge in [-0.1, -0.05) is 50.2 Å². The largest absolute Gasteiger partial charge is 0.497 e. The zero-order valence-corrected chi connectivity index (χ0v) is 28.1. The summed E-state index contributed by atoms with van der Waals surface area (Å²) in [5.41, 5.74) is 3.61. The summed E-state index contributed by atoms with van der Waals surface area (Å²) >= 11 is 1.67. The molecule has 0 fully saturated rings. The van der Waals surface area contributed by atoms with Crippen molar-refractivity contribution in [2.75, 3.05) is 42.4 Å². The number of ether oxygens (including phenoxy) is 2. The van der Waals surface area contributed by atoms with Crippen molar-refractivity contribution < 1.29 is 18.5 Å². The Hall–Kier alpha value is -4.65. The second-order valence-electron chi connectivity index (χ2n) is 9.50. The number of aromatic nitrogens is 2. The highest BCUT2D eigenvalue weighted by Gasteiger charge is 2.15. The maximum atomic E-state index is 13.5. The van der Waals surface area contributed by atoms with Crippen LogP contribution in [0.1, 0.15) is 19.4 Å². The monoisotopic (exact) mass is 658 g/mol. The lowest BCUT2D eigenvalue weighted by Crippen LogP contribution is -2.27. The Morgan fingerprint density at radius 2 is 1.46 bits per heavy atom. The molecule has 1 heterocycles. The first-order valence-electron chi connectivity index (χ1n) is 14.6. The molecule has 12 heteroatoms. The van der Waals surface area contributed by atoms with Crippen LogP contribution >= 0.6 is 11.8 Å². The van der Waals surface area contributed by atoms with Gasteiger partial charge in [-0.05, 0) is 48.2 Å². The standard InChI is InChI=1S/C32H32N6O4S2.C2H6/c1-41-24-15-23(16-25(18-24)42-2)35-31-32(37-28-13-6-5-12-27(28)36-31)38-44(40)26-11-8-10-22(17-26)34-30(39)20-33-19-21-9-4-7-14-29(21)43-3;1-2/h4-18,33H,19-20H2,1-3H3,(H,34,39)(H,35,36)(H,37,38);1-2H3. The average Bonchev–Trinajstić information content (AvgIpc) is 3.09. The van der Waals surface area contributed by atoms with E-state index in [9.17, 15) is 9.00 Å². The fraction of sp³-hybridized carbons (Fsp3) is 0.206. The summed E-state index contributed by atoms with van der Waals surface area (Å²) in [6.45, 7) is 4.70. The molecule has 4 N–H and O–H groups in total. The molecule has 46 heavy (non-hydrogen) atoms. The Kier molecular flexibility index (Phi) is 12.8. The summed E-state index contributed by atoms with van der Waals surface area (Å²) < 4.78 is 27.3. The van der Waals surface area contributed by atoms with E-state index < -0.39 is 11.0 Å². The highest BCUT2D eigenvalue weighted by Crippen LogP contribution is 2.31. The van der Waals surface area contributed by atoms with Gasteiger partial charge in [0.2, 0.25) is 5.91 Å². The first kappa shape index (κ1) is 34.2. The van der Waals surface area contributed by atoms with Crippen LogP contribution in [0.2, 0.25) is 0 Å². The number of nitrogens with one attached hydrogen (secondary N) is 4. The number of nitrogens with zero attached hydrogens (tertiary/aromatic N) is 2. The number of para-hydroxylation sites is 2. The van der Waals surface area contributed by atoms with Gasteiger partial charge in [-0.15, -0.1) is 11.8 Å². The third-order valence-electron chi connectivity index (χ3n) is 6.50. The Morgan fingerprint density at radius 1 is 0.804 bits per heavy atom. The molecule has 0 aliphatic heterocycles. The van der Waals surface area contributed by atoms with Crippen molar-refractivity contribution in [1.82, 2.24) is 15.3 Å². The van der Waals surface area contributed by atoms with Crippen molar-refractivity contribution in [3.05, 3.63) is 96.6 Å². The van der Waals surface area contributed by atoms with Crippen LogP contribution in [0.3, 0.4) is 0 Å². The smallest absolute Gasteiger partial charge is 0.238 e. The fourth-order valence-electron chi connectivity index (χ4n) is 4.38. The minimum Gasteiger partial charge on any atom is -0.497 e. The molecule has 1 unspecified atom stereocenters. The summed E-state index contributed by atoms with van der Waals surface area (Å²) in [5, 5.41) is 9.31. The molecule has 1 atom stereocenters. The van der Waals surface area contributed by atoms with Gasteiger partial charge in [-0.2, -0.15) is 0 Å². The lowest BCUT2D eigenvalue weighted by molar-refractivity contribution is -0.115. The molecular formula is C34H38N6O4S2. The highest BCUT2D eigenvalue weighted by atomic mass is 32.2. The van der Waals surface area contributed by atoms with E-state index in [-0.39, 0.29) is 18.3 Å². The molecule has 4 aromatic carbocycles. The Labute approximate surface area is 276 Å². The van der Waals surface area contributed by atoms with Crippen molar-refractivity contribution >= 4 is 62.7 Å². The zero-order valence-electron chi connectivity index (χ0n) is 26.4. The third kappa shape index (κ3) is 9.19. The second-order valence-corrected chi connectivity index (χ2v) is 11.6. The van der Waals surface area contributed by atoms with E-state index in [1.54, 1.807) is 68.4 Å². The van der Waals surface area contributed by atoms with Crippen LogP contribution in [-0.4, -0.2) is 47.1 Å². The number of fused-ring (bicyclic) bond motifs is 1. The van der Waals surface area contributed by atoms with Gasteiger partial charge in [0.25, 0.3) is 0 Å². The van der Waals surface area contributed by atoms with Crippen LogP contribution in [0.15, 0.2) is 101 Å². The zero-order chi connectivity index (χ0) is 32.9. The number of carbonyl (C=O) groups excluding carboxylic acids is 1. The van der Waals surface area contributed by atoms with Gasteiger partial charge in [0.15, 0.2) is 22.6 Å². The lowest BCUT2D eigenvalue weighted by atomic mass is 10.2. The summed E-state index contributed by atoms with van der Waals surface area (Å²) in [5.74, 6) is 1.64. The van der Waals surface area contributed by atoms with Crippen molar-refractivity contribution in [2.24, 2.45) is 0 Å². The molecule has 0 saturated carbocycles. The number of thioether (sulfide) groups is 1. The van der Waals surface area contributed by atoms with E-state index >= 15 is 0 Å². The van der Waals surface area contributed by atoms with Gasteiger partial charge in [0.1, 0.15) is 11.5 Å². The Bertz CT molecular complexity index is 1780. The molecule has 1 aromatic heterocycles. The predicted octanol–water partition coefficient (Wildman–Crippen LogP) is 7.00. The van der Waals surface area contributed by atoms with Crippen LogP contribution in [-0.2, 0) is 22.3 Å². The van der Waals surface area contributed by atoms with Gasteiger partial charge < -0.3 is 25.4 Å². The van der Waals surface area contributed by atoms with Gasteiger partial charge in [-0.25, -0.2) is 14.2 Å². The maximum Gasteiger partial charge on any atom is 0.238 e. The summed E-state index contributed by atoms with van der Waals surface area (Å²) in [4.78, 5) is 23.7. The van der Waals surface area contributed by atoms with E-state index in [2.05, 4.69) is 26.7 Å². The molecule has 5 rings (SSSR count). The topological polar surface area (TPSA) is 127 Å². The van der Waals surface area contributed by atoms with E-state index in [1.807, 2.05) is 62.6 Å². The van der Waals surface area contributed by atoms with Crippen molar-refractivity contribution in [3.8, 4) is 11.5 Å². The quantitative estimate of drug-likeness (QED) is 0.0989. The van der Waals surface area contributed by atoms with Crippen molar-refractivity contribution in [3.63, 3.8) is 0 Å². The molecule has 0 aliphatic carbocycles. The number of carbonyl (C=O) groups is 1. The van der Waals surface area contributed by atoms with E-state index in [1.165, 1.54) is 4.90 Å². The lowest BCUT2D eigenvalue weighted by Gasteiger charge is -2.15. The van der Waals surface area contributed by atoms with Crippen LogP contribution in [0, 0.1) is 0 Å². The number of hydrogen-bond acceptors (Lipinski definition) is 9. The maximum absolute atomic E-state index is 13.5. The molecule has 0 bridgehead atoms. The molecule has 0 saturated heterocycles. The van der Waals surface area contributed by atoms with Crippen molar-refractivity contribution in [1.29, 1.82) is 0 Å². The molecule has 1 amide bonds. The van der Waals surface area contributed by atoms with Gasteiger partial charge >= 0.3 is 0 Å². The van der Waals surface area contributed by atoms with Crippen LogP contribution in [0.4, 0.5) is 23.0 Å². The summed E-state index contributed by atoms with van der Waals surface area (Å²) in [6.07, 6.45) is 2.03. The first-order chi connectivity index (χ1) is 22.4. The van der Waals surface area contributed by atoms with E-state index in [0.717, 1.165) is 5.56 Å². The predicted molar refractivity (Wildman–Crippen MR) is 189 cm³/mol. The molecule has 5 aromatic rings. The minimum atomic E-state index is -1.73. The molecular weight excluding hydrogens is 621 g/mol. The number of anilines is 4. The highest BCUT2D eigenvalue weighted by molar-refractivity contribution is 7.98. The number of hydrogen-bond donors (Lipinski definition) is 4. The second kappa shape index (κ2) is 17.2. The Morgan fingerprint density at radius 3 is 2.13 bits per heavy atom. The first-order valence-corrected chi connectivity index (χ1v) is 17.0. The van der Waals surface area contributed by atoms with Crippen LogP contribution in [0.5, 0.6) is 11.5 Å². The molecule has 0 aliphatic rings. The summed E-state index contributed by atoms with van der Waals surface area (Å²) in [6, 6.07) is 27.7. The number of amides is 1. The number of methoxy groups -OCH3 is 2. The Balaban J connectivity index is 0.00000235. The van der Waals surface area contributed by atoms with Crippen molar-refractivity contribution in [2.45, 2.75) is 30.2 Å². The fourth-order valence-corrected chi connectivity index (χ4v) is 5.86. The SMILES string of the molecule is CC.COc1cc(Nc2nc3ccccc3nc2NS(=O)c2cccc(NC(=O)CNCc3ccccc3SC)c2)cc(OC)c1. The van der Waals surface area contributed by atoms with E-state index in [4.69, 9.17) is 19.4 Å².